The number of nitrogens with one attached hydrogen (secondary N) is 1. The number of benzene rings is 1. The van der Waals surface area contributed by atoms with Crippen LogP contribution in [0.1, 0.15) is 41.1 Å². The van der Waals surface area contributed by atoms with Crippen LogP contribution in [0.4, 0.5) is 0 Å². The molecule has 3 nitrogen and oxygen atoms in total. The van der Waals surface area contributed by atoms with Crippen molar-refractivity contribution in [2.75, 3.05) is 0 Å². The number of carbonyl (C=O) groups excluding carboxylic acids is 1. The zero-order valence-electron chi connectivity index (χ0n) is 11.9. The normalized spacial score (nSPS) is 20.8. The van der Waals surface area contributed by atoms with Gasteiger partial charge in [0.15, 0.2) is 0 Å². The van der Waals surface area contributed by atoms with Crippen LogP contribution in [0, 0.1) is 0 Å². The molecule has 0 radical (unpaired) electrons. The molecule has 1 aliphatic carbocycles. The molecule has 3 rings (SSSR count). The first-order valence-corrected chi connectivity index (χ1v) is 8.07. The molecule has 0 bridgehead atoms. The van der Waals surface area contributed by atoms with E-state index in [-0.39, 0.29) is 17.1 Å². The summed E-state index contributed by atoms with van der Waals surface area (Å²) in [6.45, 7) is 0. The number of hydrogen-bond donors (Lipinski definition) is 1. The van der Waals surface area contributed by atoms with E-state index in [0.717, 1.165) is 24.3 Å². The van der Waals surface area contributed by atoms with Gasteiger partial charge in [0.05, 0.1) is 5.56 Å². The lowest BCUT2D eigenvalue weighted by molar-refractivity contribution is 0.0934. The Morgan fingerprint density at radius 3 is 2.64 bits per heavy atom. The van der Waals surface area contributed by atoms with Gasteiger partial charge < -0.3 is 5.32 Å². The molecule has 1 saturated carbocycles. The minimum Gasteiger partial charge on any atom is -0.349 e. The SMILES string of the molecule is O=C(N[C@H]1CCC[C@@H]1c1ccc(Cl)cc1)c1cccnc1Cl. The minimum atomic E-state index is -0.163. The molecule has 2 aromatic rings. The average Bonchev–Trinajstić information content (AvgIpc) is 2.96. The Hall–Kier alpha value is -1.58. The van der Waals surface area contributed by atoms with Gasteiger partial charge in [-0.15, -0.1) is 0 Å². The van der Waals surface area contributed by atoms with E-state index in [0.29, 0.717) is 11.5 Å². The molecule has 1 heterocycles. The van der Waals surface area contributed by atoms with Gasteiger partial charge >= 0.3 is 0 Å². The van der Waals surface area contributed by atoms with E-state index >= 15 is 0 Å². The summed E-state index contributed by atoms with van der Waals surface area (Å²) in [6.07, 6.45) is 4.70. The molecule has 2 atom stereocenters. The molecule has 0 unspecified atom stereocenters. The maximum Gasteiger partial charge on any atom is 0.254 e. The summed E-state index contributed by atoms with van der Waals surface area (Å²) < 4.78 is 0. The van der Waals surface area contributed by atoms with Crippen LogP contribution in [-0.2, 0) is 0 Å². The van der Waals surface area contributed by atoms with Gasteiger partial charge in [0.2, 0.25) is 0 Å². The number of rotatable bonds is 3. The van der Waals surface area contributed by atoms with E-state index in [1.54, 1.807) is 18.3 Å². The lowest BCUT2D eigenvalue weighted by Gasteiger charge is -2.21. The molecular formula is C17H16Cl2N2O. The summed E-state index contributed by atoms with van der Waals surface area (Å²) in [5.41, 5.74) is 1.63. The van der Waals surface area contributed by atoms with E-state index in [1.807, 2.05) is 24.3 Å². The Balaban J connectivity index is 1.75. The van der Waals surface area contributed by atoms with E-state index in [4.69, 9.17) is 23.2 Å². The van der Waals surface area contributed by atoms with Crippen LogP contribution >= 0.6 is 23.2 Å². The van der Waals surface area contributed by atoms with Gasteiger partial charge in [-0.25, -0.2) is 4.98 Å². The summed E-state index contributed by atoms with van der Waals surface area (Å²) in [4.78, 5) is 16.3. The van der Waals surface area contributed by atoms with Gasteiger partial charge in [0, 0.05) is 23.2 Å². The zero-order chi connectivity index (χ0) is 15.5. The van der Waals surface area contributed by atoms with Crippen molar-refractivity contribution in [2.24, 2.45) is 0 Å². The highest BCUT2D eigenvalue weighted by Gasteiger charge is 2.30. The number of halogens is 2. The fourth-order valence-electron chi connectivity index (χ4n) is 3.04. The molecule has 1 N–H and O–H groups in total. The fourth-order valence-corrected chi connectivity index (χ4v) is 3.37. The fraction of sp³-hybridized carbons (Fsp3) is 0.294. The van der Waals surface area contributed by atoms with Crippen LogP contribution in [0.5, 0.6) is 0 Å². The number of nitrogens with zero attached hydrogens (tertiary/aromatic N) is 1. The Morgan fingerprint density at radius 1 is 1.14 bits per heavy atom. The topological polar surface area (TPSA) is 42.0 Å². The second kappa shape index (κ2) is 6.67. The van der Waals surface area contributed by atoms with Crippen molar-refractivity contribution in [1.82, 2.24) is 10.3 Å². The Kier molecular flexibility index (Phi) is 4.65. The van der Waals surface area contributed by atoms with E-state index in [9.17, 15) is 4.79 Å². The zero-order valence-corrected chi connectivity index (χ0v) is 13.4. The first-order valence-electron chi connectivity index (χ1n) is 7.32. The predicted octanol–water partition coefficient (Wildman–Crippen LogP) is 4.45. The maximum atomic E-state index is 12.4. The van der Waals surface area contributed by atoms with Crippen molar-refractivity contribution < 1.29 is 4.79 Å². The van der Waals surface area contributed by atoms with E-state index in [1.165, 1.54) is 5.56 Å². The van der Waals surface area contributed by atoms with Gasteiger partial charge in [-0.05, 0) is 42.7 Å². The highest BCUT2D eigenvalue weighted by atomic mass is 35.5. The lowest BCUT2D eigenvalue weighted by atomic mass is 9.94. The third kappa shape index (κ3) is 3.26. The molecule has 1 aromatic heterocycles. The largest absolute Gasteiger partial charge is 0.349 e. The number of hydrogen-bond acceptors (Lipinski definition) is 2. The van der Waals surface area contributed by atoms with Gasteiger partial charge in [-0.3, -0.25) is 4.79 Å². The summed E-state index contributed by atoms with van der Waals surface area (Å²) in [6, 6.07) is 11.4. The third-order valence-corrected chi connectivity index (χ3v) is 4.69. The molecule has 1 amide bonds. The van der Waals surface area contributed by atoms with Crippen molar-refractivity contribution in [3.8, 4) is 0 Å². The molecular weight excluding hydrogens is 319 g/mol. The Labute approximate surface area is 139 Å². The van der Waals surface area contributed by atoms with Crippen LogP contribution in [0.2, 0.25) is 10.2 Å². The van der Waals surface area contributed by atoms with Gasteiger partial charge in [0.25, 0.3) is 5.91 Å². The molecule has 114 valence electrons. The molecule has 0 spiro atoms. The first-order chi connectivity index (χ1) is 10.6. The molecule has 5 heteroatoms. The summed E-state index contributed by atoms with van der Waals surface area (Å²) in [5, 5.41) is 4.07. The maximum absolute atomic E-state index is 12.4. The highest BCUT2D eigenvalue weighted by Crippen LogP contribution is 2.35. The molecule has 1 aliphatic rings. The van der Waals surface area contributed by atoms with Crippen molar-refractivity contribution in [2.45, 2.75) is 31.2 Å². The van der Waals surface area contributed by atoms with Crippen LogP contribution in [0.25, 0.3) is 0 Å². The molecule has 1 fully saturated rings. The number of amides is 1. The molecule has 0 saturated heterocycles. The minimum absolute atomic E-state index is 0.116. The average molecular weight is 335 g/mol. The van der Waals surface area contributed by atoms with Crippen LogP contribution in [0.3, 0.4) is 0 Å². The van der Waals surface area contributed by atoms with E-state index < -0.39 is 0 Å². The van der Waals surface area contributed by atoms with Gasteiger partial charge in [-0.2, -0.15) is 0 Å². The molecule has 0 aliphatic heterocycles. The van der Waals surface area contributed by atoms with E-state index in [2.05, 4.69) is 10.3 Å². The predicted molar refractivity (Wildman–Crippen MR) is 88.5 cm³/mol. The highest BCUT2D eigenvalue weighted by molar-refractivity contribution is 6.32. The summed E-state index contributed by atoms with van der Waals surface area (Å²) >= 11 is 11.9. The van der Waals surface area contributed by atoms with Crippen molar-refractivity contribution in [1.29, 1.82) is 0 Å². The van der Waals surface area contributed by atoms with Crippen LogP contribution < -0.4 is 5.32 Å². The second-order valence-electron chi connectivity index (χ2n) is 5.51. The monoisotopic (exact) mass is 334 g/mol. The van der Waals surface area contributed by atoms with Crippen LogP contribution in [0.15, 0.2) is 42.6 Å². The number of carbonyl (C=O) groups is 1. The lowest BCUT2D eigenvalue weighted by Crippen LogP contribution is -2.36. The van der Waals surface area contributed by atoms with Crippen molar-refractivity contribution in [3.05, 3.63) is 63.9 Å². The van der Waals surface area contributed by atoms with Crippen molar-refractivity contribution in [3.63, 3.8) is 0 Å². The Bertz CT molecular complexity index is 673. The molecule has 1 aromatic carbocycles. The van der Waals surface area contributed by atoms with Gasteiger partial charge in [0.1, 0.15) is 5.15 Å². The molecule has 22 heavy (non-hydrogen) atoms. The first kappa shape index (κ1) is 15.3. The third-order valence-electron chi connectivity index (χ3n) is 4.13. The number of aromatic nitrogens is 1. The van der Waals surface area contributed by atoms with Gasteiger partial charge in [-0.1, -0.05) is 41.8 Å². The van der Waals surface area contributed by atoms with Crippen LogP contribution in [-0.4, -0.2) is 16.9 Å². The standard InChI is InChI=1S/C17H16Cl2N2O/c18-12-8-6-11(7-9-12)13-3-1-5-15(13)21-17(22)14-4-2-10-20-16(14)19/h2,4,6-10,13,15H,1,3,5H2,(H,21,22)/t13-,15+/m1/s1. The summed E-state index contributed by atoms with van der Waals surface area (Å²) in [7, 11) is 0. The summed E-state index contributed by atoms with van der Waals surface area (Å²) in [5.74, 6) is 0.153. The van der Waals surface area contributed by atoms with Crippen molar-refractivity contribution >= 4 is 29.1 Å². The Morgan fingerprint density at radius 2 is 1.91 bits per heavy atom. The quantitative estimate of drug-likeness (QED) is 0.842. The number of pyridine rings is 1. The second-order valence-corrected chi connectivity index (χ2v) is 6.31. The smallest absolute Gasteiger partial charge is 0.254 e.